The van der Waals surface area contributed by atoms with Gasteiger partial charge in [0.1, 0.15) is 0 Å². The van der Waals surface area contributed by atoms with Crippen LogP contribution in [-0.2, 0) is 6.54 Å². The maximum absolute atomic E-state index is 2.59. The molecular formula is C32H32N2. The summed E-state index contributed by atoms with van der Waals surface area (Å²) >= 11 is 0. The van der Waals surface area contributed by atoms with Crippen LogP contribution in [0.15, 0.2) is 91.0 Å². The van der Waals surface area contributed by atoms with Gasteiger partial charge in [-0.25, -0.2) is 0 Å². The highest BCUT2D eigenvalue weighted by molar-refractivity contribution is 6.11. The molecule has 1 unspecified atom stereocenters. The Hall–Kier alpha value is -3.52. The first-order valence-corrected chi connectivity index (χ1v) is 12.8. The molecule has 0 fully saturated rings. The third-order valence-electron chi connectivity index (χ3n) is 7.58. The van der Waals surface area contributed by atoms with E-state index in [4.69, 9.17) is 0 Å². The molecule has 0 saturated carbocycles. The fourth-order valence-corrected chi connectivity index (χ4v) is 5.75. The van der Waals surface area contributed by atoms with Gasteiger partial charge < -0.3 is 9.13 Å². The average molecular weight is 445 g/mol. The first kappa shape index (κ1) is 21.0. The van der Waals surface area contributed by atoms with Gasteiger partial charge >= 0.3 is 0 Å². The van der Waals surface area contributed by atoms with Gasteiger partial charge in [0.2, 0.25) is 0 Å². The van der Waals surface area contributed by atoms with Crippen molar-refractivity contribution in [3.63, 3.8) is 0 Å². The molecule has 4 aromatic carbocycles. The maximum atomic E-state index is 2.59. The Morgan fingerprint density at radius 3 is 1.79 bits per heavy atom. The molecule has 0 aliphatic rings. The largest absolute Gasteiger partial charge is 0.340 e. The second-order valence-electron chi connectivity index (χ2n) is 9.62. The fourth-order valence-electron chi connectivity index (χ4n) is 5.75. The van der Waals surface area contributed by atoms with Gasteiger partial charge in [-0.2, -0.15) is 0 Å². The van der Waals surface area contributed by atoms with Crippen molar-refractivity contribution in [2.24, 2.45) is 5.92 Å². The molecule has 0 radical (unpaired) electrons. The highest BCUT2D eigenvalue weighted by atomic mass is 15.0. The molecule has 0 saturated heterocycles. The number of unbranched alkanes of at least 4 members (excludes halogenated alkanes) is 1. The summed E-state index contributed by atoms with van der Waals surface area (Å²) in [5.41, 5.74) is 6.46. The third kappa shape index (κ3) is 3.32. The molecule has 0 N–H and O–H groups in total. The molecule has 2 nitrogen and oxygen atoms in total. The summed E-state index contributed by atoms with van der Waals surface area (Å²) in [4.78, 5) is 0. The highest BCUT2D eigenvalue weighted by Crippen LogP contribution is 2.36. The van der Waals surface area contributed by atoms with Gasteiger partial charge in [0.25, 0.3) is 0 Å². The van der Waals surface area contributed by atoms with E-state index in [-0.39, 0.29) is 0 Å². The minimum Gasteiger partial charge on any atom is -0.340 e. The third-order valence-corrected chi connectivity index (χ3v) is 7.58. The molecule has 1 atom stereocenters. The molecule has 2 aromatic heterocycles. The lowest BCUT2D eigenvalue weighted by atomic mass is 9.99. The SMILES string of the molecule is CCCCC(CC)Cn1c2ccccc2c2ccc(-n3c4ccccc4c4ccccc43)cc21. The van der Waals surface area contributed by atoms with Crippen LogP contribution in [0.1, 0.15) is 39.5 Å². The number of aromatic nitrogens is 2. The van der Waals surface area contributed by atoms with Gasteiger partial charge in [0, 0.05) is 39.3 Å². The Kier molecular flexibility index (Phi) is 5.37. The molecule has 170 valence electrons. The van der Waals surface area contributed by atoms with Gasteiger partial charge in [-0.15, -0.1) is 0 Å². The van der Waals surface area contributed by atoms with Gasteiger partial charge in [-0.3, -0.25) is 0 Å². The first-order chi connectivity index (χ1) is 16.8. The van der Waals surface area contributed by atoms with Gasteiger partial charge in [0.15, 0.2) is 0 Å². The Bertz CT molecular complexity index is 1560. The fraction of sp³-hybridized carbons (Fsp3) is 0.250. The summed E-state index contributed by atoms with van der Waals surface area (Å²) in [7, 11) is 0. The van der Waals surface area contributed by atoms with Crippen LogP contribution in [-0.4, -0.2) is 9.13 Å². The van der Waals surface area contributed by atoms with Crippen molar-refractivity contribution in [1.82, 2.24) is 9.13 Å². The predicted octanol–water partition coefficient (Wildman–Crippen LogP) is 9.11. The zero-order chi connectivity index (χ0) is 23.1. The first-order valence-electron chi connectivity index (χ1n) is 12.8. The lowest BCUT2D eigenvalue weighted by Crippen LogP contribution is -2.10. The number of benzene rings is 4. The minimum absolute atomic E-state index is 0.704. The molecule has 0 bridgehead atoms. The molecule has 2 heterocycles. The van der Waals surface area contributed by atoms with Gasteiger partial charge in [-0.05, 0) is 42.7 Å². The van der Waals surface area contributed by atoms with Crippen LogP contribution < -0.4 is 0 Å². The summed E-state index contributed by atoms with van der Waals surface area (Å²) in [6, 6.07) is 33.5. The van der Waals surface area contributed by atoms with E-state index < -0.39 is 0 Å². The number of hydrogen-bond acceptors (Lipinski definition) is 0. The molecule has 6 aromatic rings. The number of para-hydroxylation sites is 3. The minimum atomic E-state index is 0.704. The van der Waals surface area contributed by atoms with Crippen molar-refractivity contribution >= 4 is 43.6 Å². The van der Waals surface area contributed by atoms with Crippen LogP contribution in [0.2, 0.25) is 0 Å². The van der Waals surface area contributed by atoms with E-state index in [0.29, 0.717) is 5.92 Å². The summed E-state index contributed by atoms with van der Waals surface area (Å²) in [5, 5.41) is 5.33. The Labute approximate surface area is 201 Å². The van der Waals surface area contributed by atoms with Crippen molar-refractivity contribution in [3.05, 3.63) is 91.0 Å². The molecule has 0 spiro atoms. The summed E-state index contributed by atoms with van der Waals surface area (Å²) in [6.45, 7) is 5.72. The van der Waals surface area contributed by atoms with Gasteiger partial charge in [0.05, 0.1) is 16.6 Å². The summed E-state index contributed by atoms with van der Waals surface area (Å²) in [5.74, 6) is 0.704. The lowest BCUT2D eigenvalue weighted by molar-refractivity contribution is 0.401. The van der Waals surface area contributed by atoms with Crippen molar-refractivity contribution in [1.29, 1.82) is 0 Å². The van der Waals surface area contributed by atoms with Crippen LogP contribution in [0.5, 0.6) is 0 Å². The molecule has 2 heteroatoms. The average Bonchev–Trinajstić information content (AvgIpc) is 3.39. The van der Waals surface area contributed by atoms with Crippen LogP contribution in [0, 0.1) is 5.92 Å². The van der Waals surface area contributed by atoms with Crippen LogP contribution in [0.3, 0.4) is 0 Å². The van der Waals surface area contributed by atoms with Crippen LogP contribution >= 0.6 is 0 Å². The molecule has 0 aliphatic heterocycles. The highest BCUT2D eigenvalue weighted by Gasteiger charge is 2.17. The lowest BCUT2D eigenvalue weighted by Gasteiger charge is -2.18. The van der Waals surface area contributed by atoms with Crippen LogP contribution in [0.4, 0.5) is 0 Å². The zero-order valence-electron chi connectivity index (χ0n) is 20.2. The van der Waals surface area contributed by atoms with E-state index in [2.05, 4.69) is 114 Å². The zero-order valence-corrected chi connectivity index (χ0v) is 20.2. The van der Waals surface area contributed by atoms with Crippen molar-refractivity contribution in [2.45, 2.75) is 46.1 Å². The number of hydrogen-bond donors (Lipinski definition) is 0. The normalized spacial score (nSPS) is 12.9. The number of rotatable bonds is 7. The Morgan fingerprint density at radius 2 is 1.18 bits per heavy atom. The molecule has 34 heavy (non-hydrogen) atoms. The second kappa shape index (κ2) is 8.68. The summed E-state index contributed by atoms with van der Waals surface area (Å²) < 4.78 is 5.02. The van der Waals surface area contributed by atoms with Crippen molar-refractivity contribution in [3.8, 4) is 5.69 Å². The Balaban J connectivity index is 1.60. The van der Waals surface area contributed by atoms with Crippen molar-refractivity contribution < 1.29 is 0 Å². The van der Waals surface area contributed by atoms with E-state index >= 15 is 0 Å². The topological polar surface area (TPSA) is 9.86 Å². The molecule has 0 amide bonds. The smallest absolute Gasteiger partial charge is 0.0541 e. The van der Waals surface area contributed by atoms with Gasteiger partial charge in [-0.1, -0.05) is 93.8 Å². The van der Waals surface area contributed by atoms with E-state index in [1.165, 1.54) is 75.0 Å². The molecular weight excluding hydrogens is 412 g/mol. The Morgan fingerprint density at radius 1 is 0.618 bits per heavy atom. The standard InChI is InChI=1S/C32H32N2/c1-3-5-12-23(4-2)22-33-29-16-9-6-13-25(29)28-20-19-24(21-32(28)33)34-30-17-10-7-14-26(30)27-15-8-11-18-31(27)34/h6-11,13-21,23H,3-5,12,22H2,1-2H3. The number of fused-ring (bicyclic) bond motifs is 6. The second-order valence-corrected chi connectivity index (χ2v) is 9.62. The molecule has 0 aliphatic carbocycles. The maximum Gasteiger partial charge on any atom is 0.0541 e. The van der Waals surface area contributed by atoms with E-state index in [9.17, 15) is 0 Å². The number of nitrogens with zero attached hydrogens (tertiary/aromatic N) is 2. The summed E-state index contributed by atoms with van der Waals surface area (Å²) in [6.07, 6.45) is 5.10. The molecule has 6 rings (SSSR count). The van der Waals surface area contributed by atoms with Crippen molar-refractivity contribution in [2.75, 3.05) is 0 Å². The van der Waals surface area contributed by atoms with E-state index in [0.717, 1.165) is 6.54 Å². The predicted molar refractivity (Wildman–Crippen MR) is 147 cm³/mol. The monoisotopic (exact) mass is 444 g/mol. The van der Waals surface area contributed by atoms with Crippen LogP contribution in [0.25, 0.3) is 49.3 Å². The van der Waals surface area contributed by atoms with E-state index in [1.807, 2.05) is 0 Å². The quantitative estimate of drug-likeness (QED) is 0.232. The van der Waals surface area contributed by atoms with E-state index in [1.54, 1.807) is 0 Å².